The van der Waals surface area contributed by atoms with Crippen LogP contribution < -0.4 is 10.1 Å². The summed E-state index contributed by atoms with van der Waals surface area (Å²) in [6, 6.07) is 8.01. The van der Waals surface area contributed by atoms with Gasteiger partial charge in [-0.2, -0.15) is 0 Å². The molecule has 3 nitrogen and oxygen atoms in total. The van der Waals surface area contributed by atoms with Gasteiger partial charge < -0.3 is 10.1 Å². The summed E-state index contributed by atoms with van der Waals surface area (Å²) in [5, 5.41) is 5.57. The van der Waals surface area contributed by atoms with Crippen molar-refractivity contribution in [1.82, 2.24) is 4.98 Å². The molecule has 1 aromatic heterocycles. The van der Waals surface area contributed by atoms with Crippen molar-refractivity contribution >= 4 is 16.6 Å². The summed E-state index contributed by atoms with van der Waals surface area (Å²) in [6.45, 7) is 4.95. The number of anilines is 1. The Hall–Kier alpha value is -2.03. The lowest BCUT2D eigenvalue weighted by Crippen LogP contribution is -2.01. The predicted molar refractivity (Wildman–Crippen MR) is 76.2 cm³/mol. The molecule has 0 atom stereocenters. The maximum atomic E-state index is 5.25. The summed E-state index contributed by atoms with van der Waals surface area (Å²) in [4.78, 5) is 4.38. The minimum absolute atomic E-state index is 0.783. The van der Waals surface area contributed by atoms with E-state index in [0.717, 1.165) is 28.9 Å². The fourth-order valence-electron chi connectivity index (χ4n) is 1.77. The van der Waals surface area contributed by atoms with Crippen LogP contribution in [0.4, 0.5) is 5.82 Å². The van der Waals surface area contributed by atoms with Crippen LogP contribution in [0.2, 0.25) is 0 Å². The number of benzene rings is 1. The van der Waals surface area contributed by atoms with Gasteiger partial charge >= 0.3 is 0 Å². The van der Waals surface area contributed by atoms with Gasteiger partial charge in [0, 0.05) is 18.1 Å². The third kappa shape index (κ3) is 2.80. The fourth-order valence-corrected chi connectivity index (χ4v) is 1.77. The third-order valence-corrected chi connectivity index (χ3v) is 2.75. The van der Waals surface area contributed by atoms with Crippen molar-refractivity contribution in [2.45, 2.75) is 13.8 Å². The van der Waals surface area contributed by atoms with Crippen molar-refractivity contribution in [1.29, 1.82) is 0 Å². The quantitative estimate of drug-likeness (QED) is 0.831. The molecule has 0 aliphatic heterocycles. The van der Waals surface area contributed by atoms with Gasteiger partial charge in [0.1, 0.15) is 11.6 Å². The Morgan fingerprint density at radius 3 is 2.89 bits per heavy atom. The van der Waals surface area contributed by atoms with Crippen molar-refractivity contribution in [2.75, 3.05) is 19.0 Å². The average Bonchev–Trinajstić information content (AvgIpc) is 2.38. The molecule has 0 spiro atoms. The maximum absolute atomic E-state index is 5.25. The molecule has 1 aromatic carbocycles. The van der Waals surface area contributed by atoms with Gasteiger partial charge in [0.2, 0.25) is 0 Å². The number of methoxy groups -OCH3 is 1. The minimum Gasteiger partial charge on any atom is -0.497 e. The van der Waals surface area contributed by atoms with E-state index in [9.17, 15) is 0 Å². The van der Waals surface area contributed by atoms with Crippen LogP contribution in [0.3, 0.4) is 0 Å². The molecule has 94 valence electrons. The van der Waals surface area contributed by atoms with Crippen LogP contribution in [0.1, 0.15) is 13.8 Å². The predicted octanol–water partition coefficient (Wildman–Crippen LogP) is 3.62. The highest BCUT2D eigenvalue weighted by molar-refractivity contribution is 5.92. The van der Waals surface area contributed by atoms with Crippen LogP contribution in [0.15, 0.2) is 42.1 Å². The Labute approximate surface area is 107 Å². The molecule has 2 aromatic rings. The highest BCUT2D eigenvalue weighted by atomic mass is 16.5. The van der Waals surface area contributed by atoms with Crippen molar-refractivity contribution in [2.24, 2.45) is 0 Å². The Bertz CT molecular complexity index is 572. The normalized spacial score (nSPS) is 10.2. The molecule has 0 radical (unpaired) electrons. The third-order valence-electron chi connectivity index (χ3n) is 2.75. The van der Waals surface area contributed by atoms with Crippen LogP contribution in [-0.2, 0) is 0 Å². The van der Waals surface area contributed by atoms with Gasteiger partial charge in [-0.05, 0) is 37.4 Å². The molecule has 1 N–H and O–H groups in total. The summed E-state index contributed by atoms with van der Waals surface area (Å²) >= 11 is 0. The average molecular weight is 242 g/mol. The molecule has 0 unspecified atom stereocenters. The van der Waals surface area contributed by atoms with E-state index in [1.54, 1.807) is 7.11 Å². The molecule has 1 heterocycles. The van der Waals surface area contributed by atoms with Gasteiger partial charge in [0.15, 0.2) is 0 Å². The van der Waals surface area contributed by atoms with Crippen molar-refractivity contribution in [3.8, 4) is 5.75 Å². The second kappa shape index (κ2) is 5.54. The van der Waals surface area contributed by atoms with E-state index in [4.69, 9.17) is 4.74 Å². The number of hydrogen-bond acceptors (Lipinski definition) is 3. The van der Waals surface area contributed by atoms with Crippen molar-refractivity contribution < 1.29 is 4.74 Å². The largest absolute Gasteiger partial charge is 0.497 e. The summed E-state index contributed by atoms with van der Waals surface area (Å²) in [5.74, 6) is 1.74. The minimum atomic E-state index is 0.783. The van der Waals surface area contributed by atoms with E-state index < -0.39 is 0 Å². The zero-order valence-corrected chi connectivity index (χ0v) is 11.0. The number of rotatable bonds is 4. The van der Waals surface area contributed by atoms with Gasteiger partial charge in [-0.15, -0.1) is 0 Å². The van der Waals surface area contributed by atoms with E-state index in [-0.39, 0.29) is 0 Å². The fraction of sp³-hybridized carbons (Fsp3) is 0.267. The zero-order valence-electron chi connectivity index (χ0n) is 11.0. The molecule has 0 saturated heterocycles. The first kappa shape index (κ1) is 12.4. The Morgan fingerprint density at radius 1 is 1.33 bits per heavy atom. The summed E-state index contributed by atoms with van der Waals surface area (Å²) in [5.41, 5.74) is 1.29. The second-order valence-corrected chi connectivity index (χ2v) is 4.41. The topological polar surface area (TPSA) is 34.1 Å². The van der Waals surface area contributed by atoms with Gasteiger partial charge in [-0.1, -0.05) is 17.7 Å². The lowest BCUT2D eigenvalue weighted by Gasteiger charge is -2.08. The molecule has 0 aliphatic rings. The van der Waals surface area contributed by atoms with Crippen LogP contribution in [0.5, 0.6) is 5.75 Å². The highest BCUT2D eigenvalue weighted by Crippen LogP contribution is 2.25. The lowest BCUT2D eigenvalue weighted by atomic mass is 10.1. The number of ether oxygens (including phenoxy) is 1. The van der Waals surface area contributed by atoms with Gasteiger partial charge in [-0.3, -0.25) is 0 Å². The number of aromatic nitrogens is 1. The Balaban J connectivity index is 2.34. The number of nitrogens with one attached hydrogen (secondary N) is 1. The number of nitrogens with zero attached hydrogens (tertiary/aromatic N) is 1. The number of hydrogen-bond donors (Lipinski definition) is 1. The first-order valence-electron chi connectivity index (χ1n) is 6.00. The zero-order chi connectivity index (χ0) is 13.0. The maximum Gasteiger partial charge on any atom is 0.134 e. The Kier molecular flexibility index (Phi) is 3.82. The molecule has 0 bridgehead atoms. The van der Waals surface area contributed by atoms with Crippen LogP contribution in [0, 0.1) is 0 Å². The summed E-state index contributed by atoms with van der Waals surface area (Å²) < 4.78 is 5.25. The first-order valence-corrected chi connectivity index (χ1v) is 6.00. The van der Waals surface area contributed by atoms with E-state index >= 15 is 0 Å². The number of fused-ring (bicyclic) bond motifs is 1. The summed E-state index contributed by atoms with van der Waals surface area (Å²) in [6.07, 6.45) is 3.96. The molecule has 2 rings (SSSR count). The monoisotopic (exact) mass is 242 g/mol. The van der Waals surface area contributed by atoms with Gasteiger partial charge in [0.25, 0.3) is 0 Å². The number of allylic oxidation sites excluding steroid dienone is 1. The van der Waals surface area contributed by atoms with E-state index in [2.05, 4.69) is 30.2 Å². The molecule has 18 heavy (non-hydrogen) atoms. The van der Waals surface area contributed by atoms with E-state index in [1.807, 2.05) is 30.5 Å². The molecule has 0 saturated carbocycles. The molecule has 0 aliphatic carbocycles. The molecular weight excluding hydrogens is 224 g/mol. The van der Waals surface area contributed by atoms with Crippen LogP contribution in [0.25, 0.3) is 10.8 Å². The summed E-state index contributed by atoms with van der Waals surface area (Å²) in [7, 11) is 1.67. The van der Waals surface area contributed by atoms with Crippen molar-refractivity contribution in [3.05, 3.63) is 42.1 Å². The van der Waals surface area contributed by atoms with E-state index in [1.165, 1.54) is 5.57 Å². The number of pyridine rings is 1. The second-order valence-electron chi connectivity index (χ2n) is 4.41. The van der Waals surface area contributed by atoms with Gasteiger partial charge in [0.05, 0.1) is 7.11 Å². The standard InChI is InChI=1S/C15H18N2O/c1-11(2)6-8-16-15-14-10-13(18-3)5-4-12(14)7-9-17-15/h4-7,9-10H,8H2,1-3H3,(H,16,17). The van der Waals surface area contributed by atoms with Crippen LogP contribution >= 0.6 is 0 Å². The van der Waals surface area contributed by atoms with Crippen molar-refractivity contribution in [3.63, 3.8) is 0 Å². The first-order chi connectivity index (χ1) is 8.70. The molecule has 3 heteroatoms. The molecular formula is C15H18N2O. The molecule has 0 fully saturated rings. The lowest BCUT2D eigenvalue weighted by molar-refractivity contribution is 0.415. The smallest absolute Gasteiger partial charge is 0.134 e. The highest BCUT2D eigenvalue weighted by Gasteiger charge is 2.02. The Morgan fingerprint density at radius 2 is 2.17 bits per heavy atom. The van der Waals surface area contributed by atoms with E-state index in [0.29, 0.717) is 0 Å². The SMILES string of the molecule is COc1ccc2ccnc(NCC=C(C)C)c2c1. The molecule has 0 amide bonds. The van der Waals surface area contributed by atoms with Crippen LogP contribution in [-0.4, -0.2) is 18.6 Å². The van der Waals surface area contributed by atoms with Gasteiger partial charge in [-0.25, -0.2) is 4.98 Å².